The van der Waals surface area contributed by atoms with Crippen molar-refractivity contribution in [2.24, 2.45) is 0 Å². The summed E-state index contributed by atoms with van der Waals surface area (Å²) in [5.41, 5.74) is 3.49. The summed E-state index contributed by atoms with van der Waals surface area (Å²) in [6.45, 7) is 2.20. The first-order valence-corrected chi connectivity index (χ1v) is 6.37. The van der Waals surface area contributed by atoms with Gasteiger partial charge < -0.3 is 4.74 Å². The molecule has 0 aliphatic heterocycles. The molecule has 0 saturated heterocycles. The molecule has 0 aromatic heterocycles. The maximum Gasteiger partial charge on any atom is 0.310 e. The molecule has 0 spiro atoms. The van der Waals surface area contributed by atoms with Crippen molar-refractivity contribution in [2.45, 2.75) is 20.0 Å². The number of aryl methyl sites for hydroxylation is 1. The van der Waals surface area contributed by atoms with Crippen LogP contribution in [0, 0.1) is 18.3 Å². The van der Waals surface area contributed by atoms with Gasteiger partial charge >= 0.3 is 5.97 Å². The summed E-state index contributed by atoms with van der Waals surface area (Å²) < 4.78 is 5.21. The van der Waals surface area contributed by atoms with Gasteiger partial charge in [0.2, 0.25) is 0 Å². The molecule has 0 amide bonds. The zero-order chi connectivity index (χ0) is 14.4. The summed E-state index contributed by atoms with van der Waals surface area (Å²) in [5, 5.41) is 8.80. The van der Waals surface area contributed by atoms with Gasteiger partial charge in [-0.05, 0) is 30.2 Å². The topological polar surface area (TPSA) is 50.1 Å². The highest BCUT2D eigenvalue weighted by Crippen LogP contribution is 2.08. The van der Waals surface area contributed by atoms with E-state index in [1.54, 1.807) is 18.2 Å². The maximum absolute atomic E-state index is 11.7. The Hall–Kier alpha value is -2.60. The van der Waals surface area contributed by atoms with Crippen molar-refractivity contribution in [3.8, 4) is 6.07 Å². The molecule has 0 fully saturated rings. The molecule has 0 aliphatic rings. The van der Waals surface area contributed by atoms with Crippen LogP contribution in [0.5, 0.6) is 0 Å². The third kappa shape index (κ3) is 3.96. The van der Waals surface area contributed by atoms with Crippen LogP contribution in [-0.4, -0.2) is 5.97 Å². The van der Waals surface area contributed by atoms with Crippen molar-refractivity contribution in [1.29, 1.82) is 5.26 Å². The number of ether oxygens (including phenoxy) is 1. The van der Waals surface area contributed by atoms with E-state index in [0.29, 0.717) is 5.56 Å². The zero-order valence-electron chi connectivity index (χ0n) is 11.3. The van der Waals surface area contributed by atoms with Crippen molar-refractivity contribution in [2.75, 3.05) is 0 Å². The predicted molar refractivity (Wildman–Crippen MR) is 75.8 cm³/mol. The van der Waals surface area contributed by atoms with Crippen molar-refractivity contribution in [3.63, 3.8) is 0 Å². The highest BCUT2D eigenvalue weighted by molar-refractivity contribution is 5.72. The quantitative estimate of drug-likeness (QED) is 0.798. The third-order valence-electron chi connectivity index (χ3n) is 2.92. The lowest BCUT2D eigenvalue weighted by atomic mass is 10.1. The van der Waals surface area contributed by atoms with Gasteiger partial charge in [-0.1, -0.05) is 42.0 Å². The van der Waals surface area contributed by atoms with Crippen LogP contribution in [0.2, 0.25) is 0 Å². The summed E-state index contributed by atoms with van der Waals surface area (Å²) in [5.74, 6) is -0.267. The largest absolute Gasteiger partial charge is 0.461 e. The highest BCUT2D eigenvalue weighted by Gasteiger charge is 2.05. The molecule has 20 heavy (non-hydrogen) atoms. The van der Waals surface area contributed by atoms with Gasteiger partial charge in [0, 0.05) is 0 Å². The van der Waals surface area contributed by atoms with E-state index in [2.05, 4.69) is 6.07 Å². The maximum atomic E-state index is 11.7. The number of hydrogen-bond acceptors (Lipinski definition) is 3. The smallest absolute Gasteiger partial charge is 0.310 e. The molecule has 0 radical (unpaired) electrons. The Morgan fingerprint density at radius 2 is 1.90 bits per heavy atom. The normalized spacial score (nSPS) is 9.80. The van der Waals surface area contributed by atoms with E-state index in [0.717, 1.165) is 16.7 Å². The molecule has 0 unspecified atom stereocenters. The molecule has 0 atom stereocenters. The van der Waals surface area contributed by atoms with Gasteiger partial charge in [-0.2, -0.15) is 5.26 Å². The van der Waals surface area contributed by atoms with Crippen molar-refractivity contribution < 1.29 is 9.53 Å². The fourth-order valence-electron chi connectivity index (χ4n) is 1.82. The number of carbonyl (C=O) groups excluding carboxylic acids is 1. The molecule has 0 N–H and O–H groups in total. The Morgan fingerprint density at radius 1 is 1.15 bits per heavy atom. The molecule has 3 nitrogen and oxygen atoms in total. The molecule has 100 valence electrons. The van der Waals surface area contributed by atoms with E-state index < -0.39 is 0 Å². The van der Waals surface area contributed by atoms with Crippen molar-refractivity contribution >= 4 is 5.97 Å². The Morgan fingerprint density at radius 3 is 2.60 bits per heavy atom. The van der Waals surface area contributed by atoms with Gasteiger partial charge in [-0.25, -0.2) is 0 Å². The van der Waals surface area contributed by atoms with Gasteiger partial charge in [0.15, 0.2) is 0 Å². The molecule has 2 aromatic rings. The Kier molecular flexibility index (Phi) is 4.52. The number of benzene rings is 2. The molecule has 3 heteroatoms. The SMILES string of the molecule is Cc1ccc(CC(=O)OCc2cccc(C#N)c2)cc1. The average molecular weight is 265 g/mol. The summed E-state index contributed by atoms with van der Waals surface area (Å²) in [4.78, 5) is 11.7. The monoisotopic (exact) mass is 265 g/mol. The fraction of sp³-hybridized carbons (Fsp3) is 0.176. The lowest BCUT2D eigenvalue weighted by molar-refractivity contribution is -0.144. The first-order chi connectivity index (χ1) is 9.67. The predicted octanol–water partition coefficient (Wildman–Crippen LogP) is 3.15. The lowest BCUT2D eigenvalue weighted by Gasteiger charge is -2.05. The van der Waals surface area contributed by atoms with Crippen LogP contribution in [0.3, 0.4) is 0 Å². The van der Waals surface area contributed by atoms with Crippen LogP contribution in [0.4, 0.5) is 0 Å². The van der Waals surface area contributed by atoms with E-state index in [-0.39, 0.29) is 19.0 Å². The average Bonchev–Trinajstić information content (AvgIpc) is 2.48. The zero-order valence-corrected chi connectivity index (χ0v) is 11.3. The minimum absolute atomic E-state index is 0.195. The molecule has 0 aliphatic carbocycles. The molecule has 2 aromatic carbocycles. The Bertz CT molecular complexity index is 639. The van der Waals surface area contributed by atoms with Gasteiger partial charge in [-0.3, -0.25) is 4.79 Å². The van der Waals surface area contributed by atoms with E-state index in [4.69, 9.17) is 10.00 Å². The van der Waals surface area contributed by atoms with Crippen molar-refractivity contribution in [1.82, 2.24) is 0 Å². The second kappa shape index (κ2) is 6.53. The number of hydrogen-bond donors (Lipinski definition) is 0. The Balaban J connectivity index is 1.89. The Labute approximate surface area is 118 Å². The van der Waals surface area contributed by atoms with E-state index in [9.17, 15) is 4.79 Å². The molecule has 2 rings (SSSR count). The summed E-state index contributed by atoms with van der Waals surface area (Å²) in [6, 6.07) is 16.9. The molecule has 0 heterocycles. The summed E-state index contributed by atoms with van der Waals surface area (Å²) in [7, 11) is 0. The number of rotatable bonds is 4. The molecular formula is C17H15NO2. The minimum Gasteiger partial charge on any atom is -0.461 e. The number of esters is 1. The minimum atomic E-state index is -0.267. The highest BCUT2D eigenvalue weighted by atomic mass is 16.5. The number of carbonyl (C=O) groups is 1. The van der Waals surface area contributed by atoms with E-state index in [1.165, 1.54) is 0 Å². The number of nitriles is 1. The van der Waals surface area contributed by atoms with Crippen molar-refractivity contribution in [3.05, 3.63) is 70.8 Å². The van der Waals surface area contributed by atoms with Crippen LogP contribution in [0.1, 0.15) is 22.3 Å². The molecular weight excluding hydrogens is 250 g/mol. The lowest BCUT2D eigenvalue weighted by Crippen LogP contribution is -2.08. The summed E-state index contributed by atoms with van der Waals surface area (Å²) in [6.07, 6.45) is 0.262. The first-order valence-electron chi connectivity index (χ1n) is 6.37. The molecule has 0 saturated carbocycles. The van der Waals surface area contributed by atoms with Crippen LogP contribution in [0.15, 0.2) is 48.5 Å². The van der Waals surface area contributed by atoms with Gasteiger partial charge in [-0.15, -0.1) is 0 Å². The standard InChI is InChI=1S/C17H15NO2/c1-13-5-7-14(8-6-13)10-17(19)20-12-16-4-2-3-15(9-16)11-18/h2-9H,10,12H2,1H3. The van der Waals surface area contributed by atoms with Gasteiger partial charge in [0.1, 0.15) is 6.61 Å². The number of nitrogens with zero attached hydrogens (tertiary/aromatic N) is 1. The third-order valence-corrected chi connectivity index (χ3v) is 2.92. The van der Waals surface area contributed by atoms with E-state index in [1.807, 2.05) is 37.3 Å². The van der Waals surface area contributed by atoms with Gasteiger partial charge in [0.05, 0.1) is 18.1 Å². The molecule has 0 bridgehead atoms. The summed E-state index contributed by atoms with van der Waals surface area (Å²) >= 11 is 0. The van der Waals surface area contributed by atoms with Gasteiger partial charge in [0.25, 0.3) is 0 Å². The first kappa shape index (κ1) is 13.8. The second-order valence-electron chi connectivity index (χ2n) is 4.64. The van der Waals surface area contributed by atoms with Crippen LogP contribution >= 0.6 is 0 Å². The van der Waals surface area contributed by atoms with Crippen LogP contribution in [-0.2, 0) is 22.6 Å². The fourth-order valence-corrected chi connectivity index (χ4v) is 1.82. The van der Waals surface area contributed by atoms with Crippen LogP contribution in [0.25, 0.3) is 0 Å². The van der Waals surface area contributed by atoms with E-state index >= 15 is 0 Å². The van der Waals surface area contributed by atoms with Crippen LogP contribution < -0.4 is 0 Å². The second-order valence-corrected chi connectivity index (χ2v) is 4.64.